The zero-order valence-corrected chi connectivity index (χ0v) is 13.9. The maximum atomic E-state index is 12.5. The minimum absolute atomic E-state index is 0.149. The number of amides is 1. The number of fused-ring (bicyclic) bond motifs is 1. The quantitative estimate of drug-likeness (QED) is 0.753. The second-order valence-electron chi connectivity index (χ2n) is 5.50. The van der Waals surface area contributed by atoms with Crippen LogP contribution in [-0.4, -0.2) is 33.8 Å². The van der Waals surface area contributed by atoms with E-state index in [-0.39, 0.29) is 11.9 Å². The van der Waals surface area contributed by atoms with Crippen molar-refractivity contribution in [2.45, 2.75) is 19.9 Å². The number of carbonyl (C=O) groups is 1. The Morgan fingerprint density at radius 2 is 2.30 bits per heavy atom. The lowest BCUT2D eigenvalue weighted by atomic mass is 10.1. The first-order valence-electron chi connectivity index (χ1n) is 7.52. The fourth-order valence-corrected chi connectivity index (χ4v) is 3.10. The molecule has 3 N–H and O–H groups in total. The van der Waals surface area contributed by atoms with E-state index in [9.17, 15) is 4.79 Å². The van der Waals surface area contributed by atoms with E-state index in [1.165, 1.54) is 0 Å². The molecule has 0 fully saturated rings. The fraction of sp³-hybridized carbons (Fsp3) is 0.312. The zero-order chi connectivity index (χ0) is 16.4. The van der Waals surface area contributed by atoms with Gasteiger partial charge in [0, 0.05) is 19.1 Å². The minimum atomic E-state index is -0.149. The molecule has 0 spiro atoms. The van der Waals surface area contributed by atoms with Gasteiger partial charge in [0.2, 0.25) is 0 Å². The number of hydrogen-bond donors (Lipinski definition) is 2. The first-order chi connectivity index (χ1) is 11.1. The summed E-state index contributed by atoms with van der Waals surface area (Å²) in [6, 6.07) is 5.96. The summed E-state index contributed by atoms with van der Waals surface area (Å²) in [5.41, 5.74) is 7.57. The van der Waals surface area contributed by atoms with Crippen LogP contribution in [0.4, 0.5) is 0 Å². The standard InChI is InChI=1S/C16H19N5OS/c1-10(2)21-15-12(9-19-21)11(16(22)18-6-5-17)8-13(20-15)14-4-3-7-23-14/h3-4,7-10H,5-6,17H2,1-2H3,(H,18,22). The molecular weight excluding hydrogens is 310 g/mol. The van der Waals surface area contributed by atoms with Gasteiger partial charge in [0.15, 0.2) is 5.65 Å². The summed E-state index contributed by atoms with van der Waals surface area (Å²) in [5, 5.41) is 9.97. The lowest BCUT2D eigenvalue weighted by Crippen LogP contribution is -2.29. The average Bonchev–Trinajstić information content (AvgIpc) is 3.20. The van der Waals surface area contributed by atoms with E-state index >= 15 is 0 Å². The number of nitrogens with zero attached hydrogens (tertiary/aromatic N) is 3. The molecule has 0 saturated heterocycles. The summed E-state index contributed by atoms with van der Waals surface area (Å²) in [6.07, 6.45) is 1.71. The van der Waals surface area contributed by atoms with Gasteiger partial charge < -0.3 is 11.1 Å². The molecule has 3 rings (SSSR count). The second-order valence-corrected chi connectivity index (χ2v) is 6.44. The number of carbonyl (C=O) groups excluding carboxylic acids is 1. The SMILES string of the molecule is CC(C)n1ncc2c(C(=O)NCCN)cc(-c3cccs3)nc21. The highest BCUT2D eigenvalue weighted by Gasteiger charge is 2.18. The summed E-state index contributed by atoms with van der Waals surface area (Å²) in [7, 11) is 0. The zero-order valence-electron chi connectivity index (χ0n) is 13.1. The van der Waals surface area contributed by atoms with Gasteiger partial charge in [-0.25, -0.2) is 9.67 Å². The van der Waals surface area contributed by atoms with E-state index in [0.717, 1.165) is 21.6 Å². The van der Waals surface area contributed by atoms with Crippen LogP contribution >= 0.6 is 11.3 Å². The molecule has 0 radical (unpaired) electrons. The van der Waals surface area contributed by atoms with Crippen molar-refractivity contribution >= 4 is 28.3 Å². The molecule has 1 amide bonds. The summed E-state index contributed by atoms with van der Waals surface area (Å²) < 4.78 is 1.84. The Kier molecular flexibility index (Phi) is 4.40. The van der Waals surface area contributed by atoms with Crippen LogP contribution in [0.5, 0.6) is 0 Å². The molecule has 120 valence electrons. The van der Waals surface area contributed by atoms with E-state index in [4.69, 9.17) is 10.7 Å². The number of nitrogens with one attached hydrogen (secondary N) is 1. The third-order valence-corrected chi connectivity index (χ3v) is 4.40. The Balaban J connectivity index is 2.18. The van der Waals surface area contributed by atoms with Gasteiger partial charge in [0.25, 0.3) is 5.91 Å². The lowest BCUT2D eigenvalue weighted by Gasteiger charge is -2.10. The van der Waals surface area contributed by atoms with Crippen molar-refractivity contribution in [3.8, 4) is 10.6 Å². The highest BCUT2D eigenvalue weighted by Crippen LogP contribution is 2.28. The number of nitrogens with two attached hydrogens (primary N) is 1. The highest BCUT2D eigenvalue weighted by atomic mass is 32.1. The van der Waals surface area contributed by atoms with Crippen LogP contribution in [0.15, 0.2) is 29.8 Å². The van der Waals surface area contributed by atoms with Gasteiger partial charge in [0.1, 0.15) is 0 Å². The molecule has 0 atom stereocenters. The molecule has 0 aliphatic carbocycles. The van der Waals surface area contributed by atoms with Gasteiger partial charge in [-0.3, -0.25) is 4.79 Å². The van der Waals surface area contributed by atoms with Gasteiger partial charge in [-0.1, -0.05) is 6.07 Å². The van der Waals surface area contributed by atoms with Gasteiger partial charge in [-0.15, -0.1) is 11.3 Å². The van der Waals surface area contributed by atoms with Crippen molar-refractivity contribution in [2.24, 2.45) is 5.73 Å². The summed E-state index contributed by atoms with van der Waals surface area (Å²) in [5.74, 6) is -0.149. The molecule has 3 heterocycles. The van der Waals surface area contributed by atoms with Crippen molar-refractivity contribution in [1.29, 1.82) is 0 Å². The molecule has 0 bridgehead atoms. The van der Waals surface area contributed by atoms with Crippen LogP contribution in [-0.2, 0) is 0 Å². The van der Waals surface area contributed by atoms with Crippen molar-refractivity contribution < 1.29 is 4.79 Å². The van der Waals surface area contributed by atoms with Gasteiger partial charge in [-0.05, 0) is 31.4 Å². The van der Waals surface area contributed by atoms with E-state index in [0.29, 0.717) is 18.7 Å². The third kappa shape index (κ3) is 2.97. The van der Waals surface area contributed by atoms with Crippen LogP contribution < -0.4 is 11.1 Å². The molecule has 0 aliphatic rings. The molecule has 3 aromatic heterocycles. The predicted molar refractivity (Wildman–Crippen MR) is 92.6 cm³/mol. The first kappa shape index (κ1) is 15.6. The van der Waals surface area contributed by atoms with Crippen molar-refractivity contribution in [3.05, 3.63) is 35.3 Å². The van der Waals surface area contributed by atoms with Crippen molar-refractivity contribution in [3.63, 3.8) is 0 Å². The summed E-state index contributed by atoms with van der Waals surface area (Å²) in [6.45, 7) is 4.93. The van der Waals surface area contributed by atoms with Crippen LogP contribution in [0.2, 0.25) is 0 Å². The maximum Gasteiger partial charge on any atom is 0.252 e. The van der Waals surface area contributed by atoms with Crippen LogP contribution in [0, 0.1) is 0 Å². The fourth-order valence-electron chi connectivity index (χ4n) is 2.42. The molecular formula is C16H19N5OS. The largest absolute Gasteiger partial charge is 0.351 e. The van der Waals surface area contributed by atoms with Crippen LogP contribution in [0.25, 0.3) is 21.6 Å². The summed E-state index contributed by atoms with van der Waals surface area (Å²) in [4.78, 5) is 18.2. The number of pyridine rings is 1. The molecule has 7 heteroatoms. The van der Waals surface area contributed by atoms with Crippen molar-refractivity contribution in [2.75, 3.05) is 13.1 Å². The van der Waals surface area contributed by atoms with E-state index in [2.05, 4.69) is 10.4 Å². The molecule has 23 heavy (non-hydrogen) atoms. The predicted octanol–water partition coefficient (Wildman–Crippen LogP) is 2.43. The number of aromatic nitrogens is 3. The Hall–Kier alpha value is -2.25. The normalized spacial score (nSPS) is 11.3. The second kappa shape index (κ2) is 6.47. The first-order valence-corrected chi connectivity index (χ1v) is 8.40. The summed E-state index contributed by atoms with van der Waals surface area (Å²) >= 11 is 1.60. The molecule has 0 aromatic carbocycles. The Labute approximate surface area is 138 Å². The van der Waals surface area contributed by atoms with E-state index < -0.39 is 0 Å². The van der Waals surface area contributed by atoms with Crippen LogP contribution in [0.1, 0.15) is 30.2 Å². The third-order valence-electron chi connectivity index (χ3n) is 3.50. The Morgan fingerprint density at radius 3 is 2.96 bits per heavy atom. The van der Waals surface area contributed by atoms with Gasteiger partial charge in [0.05, 0.1) is 27.7 Å². The van der Waals surface area contributed by atoms with E-state index in [1.54, 1.807) is 17.5 Å². The number of thiophene rings is 1. The molecule has 0 unspecified atom stereocenters. The highest BCUT2D eigenvalue weighted by molar-refractivity contribution is 7.13. The topological polar surface area (TPSA) is 85.8 Å². The van der Waals surface area contributed by atoms with Crippen molar-refractivity contribution in [1.82, 2.24) is 20.1 Å². The van der Waals surface area contributed by atoms with Gasteiger partial charge in [-0.2, -0.15) is 5.10 Å². The minimum Gasteiger partial charge on any atom is -0.351 e. The van der Waals surface area contributed by atoms with Gasteiger partial charge >= 0.3 is 0 Å². The Morgan fingerprint density at radius 1 is 1.48 bits per heavy atom. The lowest BCUT2D eigenvalue weighted by molar-refractivity contribution is 0.0956. The average molecular weight is 329 g/mol. The smallest absolute Gasteiger partial charge is 0.252 e. The maximum absolute atomic E-state index is 12.5. The molecule has 0 aliphatic heterocycles. The molecule has 0 saturated carbocycles. The monoisotopic (exact) mass is 329 g/mol. The Bertz CT molecular complexity index is 822. The van der Waals surface area contributed by atoms with E-state index in [1.807, 2.05) is 42.1 Å². The number of rotatable bonds is 5. The number of hydrogen-bond acceptors (Lipinski definition) is 5. The van der Waals surface area contributed by atoms with Crippen LogP contribution in [0.3, 0.4) is 0 Å². The molecule has 6 nitrogen and oxygen atoms in total. The molecule has 3 aromatic rings.